The Kier molecular flexibility index (Phi) is 8.28. The summed E-state index contributed by atoms with van der Waals surface area (Å²) in [7, 11) is -2.02. The van der Waals surface area contributed by atoms with E-state index in [0.717, 1.165) is 17.7 Å². The molecule has 2 nitrogen and oxygen atoms in total. The standard InChI is InChI=1S/C33H40BrO2PSi/c1-7-35-32-25-27(23-24-31(32)36-38(5,6)33(2,3)4)26-37(34,28-17-11-8-12-18-28,29-19-13-9-14-20-29)30-21-15-10-16-22-30/h8-25H,7,26H2,1-6H3. The van der Waals surface area contributed by atoms with Crippen LogP contribution in [0.3, 0.4) is 0 Å². The molecule has 4 aromatic carbocycles. The molecule has 0 aliphatic rings. The first kappa shape index (κ1) is 28.6. The summed E-state index contributed by atoms with van der Waals surface area (Å²) in [6.07, 6.45) is 0.810. The normalized spacial score (nSPS) is 13.4. The fraction of sp³-hybridized carbons (Fsp3) is 0.273. The maximum absolute atomic E-state index is 6.73. The molecule has 0 N–H and O–H groups in total. The summed E-state index contributed by atoms with van der Waals surface area (Å²) < 4.78 is 12.9. The quantitative estimate of drug-likeness (QED) is 0.140. The van der Waals surface area contributed by atoms with Crippen LogP contribution in [0.15, 0.2) is 109 Å². The van der Waals surface area contributed by atoms with E-state index in [-0.39, 0.29) is 5.04 Å². The summed E-state index contributed by atoms with van der Waals surface area (Å²) in [6, 6.07) is 39.3. The molecular weight excluding hydrogens is 567 g/mol. The van der Waals surface area contributed by atoms with Crippen LogP contribution in [0.25, 0.3) is 0 Å². The van der Waals surface area contributed by atoms with E-state index in [1.165, 1.54) is 21.5 Å². The predicted octanol–water partition coefficient (Wildman–Crippen LogP) is 8.81. The van der Waals surface area contributed by atoms with Crippen molar-refractivity contribution in [2.45, 2.75) is 52.0 Å². The Balaban J connectivity index is 1.93. The fourth-order valence-electron chi connectivity index (χ4n) is 4.71. The van der Waals surface area contributed by atoms with E-state index in [0.29, 0.717) is 6.61 Å². The molecule has 0 atom stereocenters. The van der Waals surface area contributed by atoms with Crippen molar-refractivity contribution in [3.05, 3.63) is 115 Å². The molecule has 4 aromatic rings. The van der Waals surface area contributed by atoms with Gasteiger partial charge in [0.2, 0.25) is 0 Å². The van der Waals surface area contributed by atoms with Crippen LogP contribution >= 0.6 is 20.8 Å². The average Bonchev–Trinajstić information content (AvgIpc) is 2.91. The van der Waals surface area contributed by atoms with Gasteiger partial charge in [0, 0.05) is 0 Å². The molecule has 0 aromatic heterocycles. The summed E-state index contributed by atoms with van der Waals surface area (Å²) in [5, 5.41) is 0.904. The van der Waals surface area contributed by atoms with E-state index in [4.69, 9.17) is 9.16 Å². The van der Waals surface area contributed by atoms with E-state index in [1.807, 2.05) is 6.92 Å². The Hall–Kier alpha value is -2.39. The van der Waals surface area contributed by atoms with Crippen LogP contribution in [-0.4, -0.2) is 14.9 Å². The summed E-state index contributed by atoms with van der Waals surface area (Å²) in [6.45, 7) is 14.0. The van der Waals surface area contributed by atoms with Gasteiger partial charge in [-0.05, 0) is 0 Å². The summed E-state index contributed by atoms with van der Waals surface area (Å²) in [5.41, 5.74) is 1.21. The minimum absolute atomic E-state index is 0.102. The van der Waals surface area contributed by atoms with Crippen LogP contribution < -0.4 is 25.1 Å². The summed E-state index contributed by atoms with van der Waals surface area (Å²) >= 11 is 4.58. The number of rotatable bonds is 9. The Morgan fingerprint density at radius 1 is 0.684 bits per heavy atom. The molecule has 38 heavy (non-hydrogen) atoms. The molecule has 0 fully saturated rings. The molecule has 0 saturated carbocycles. The van der Waals surface area contributed by atoms with Gasteiger partial charge in [-0.2, -0.15) is 0 Å². The molecule has 5 heteroatoms. The van der Waals surface area contributed by atoms with Gasteiger partial charge in [0.25, 0.3) is 0 Å². The van der Waals surface area contributed by atoms with E-state index in [9.17, 15) is 0 Å². The van der Waals surface area contributed by atoms with Crippen molar-refractivity contribution >= 4 is 45.0 Å². The van der Waals surface area contributed by atoms with Crippen molar-refractivity contribution in [1.29, 1.82) is 0 Å². The maximum atomic E-state index is 6.73. The van der Waals surface area contributed by atoms with Gasteiger partial charge < -0.3 is 0 Å². The molecular formula is C33H40BrO2PSi. The zero-order valence-corrected chi connectivity index (χ0v) is 26.9. The molecule has 0 unspecified atom stereocenters. The minimum atomic E-state index is -3.10. The van der Waals surface area contributed by atoms with Crippen LogP contribution in [0.5, 0.6) is 11.5 Å². The third-order valence-corrected chi connectivity index (χ3v) is 21.7. The molecule has 0 amide bonds. The molecule has 0 saturated heterocycles. The van der Waals surface area contributed by atoms with Crippen LogP contribution in [0, 0.1) is 0 Å². The molecule has 0 heterocycles. The van der Waals surface area contributed by atoms with Gasteiger partial charge in [-0.15, -0.1) is 0 Å². The second-order valence-electron chi connectivity index (χ2n) is 11.4. The molecule has 0 bridgehead atoms. The zero-order chi connectivity index (χ0) is 27.5. The third kappa shape index (κ3) is 5.37. The zero-order valence-electron chi connectivity index (χ0n) is 23.4. The monoisotopic (exact) mass is 606 g/mol. The second kappa shape index (κ2) is 11.0. The number of halogens is 1. The number of benzene rings is 4. The van der Waals surface area contributed by atoms with E-state index in [1.54, 1.807) is 0 Å². The molecule has 0 spiro atoms. The van der Waals surface area contributed by atoms with Crippen molar-refractivity contribution in [3.63, 3.8) is 0 Å². The summed E-state index contributed by atoms with van der Waals surface area (Å²) in [5.74, 6) is 1.66. The van der Waals surface area contributed by atoms with Crippen molar-refractivity contribution in [1.82, 2.24) is 0 Å². The van der Waals surface area contributed by atoms with Crippen LogP contribution in [0.4, 0.5) is 0 Å². The van der Waals surface area contributed by atoms with Gasteiger partial charge in [0.05, 0.1) is 0 Å². The van der Waals surface area contributed by atoms with Gasteiger partial charge in [-0.25, -0.2) is 0 Å². The molecule has 0 aliphatic heterocycles. The first-order valence-electron chi connectivity index (χ1n) is 13.3. The predicted molar refractivity (Wildman–Crippen MR) is 173 cm³/mol. The fourth-order valence-corrected chi connectivity index (χ4v) is 13.4. The molecule has 0 aliphatic carbocycles. The third-order valence-electron chi connectivity index (χ3n) is 7.84. The van der Waals surface area contributed by atoms with Crippen molar-refractivity contribution in [2.24, 2.45) is 0 Å². The molecule has 0 radical (unpaired) electrons. The van der Waals surface area contributed by atoms with Gasteiger partial charge >= 0.3 is 239 Å². The topological polar surface area (TPSA) is 18.5 Å². The van der Waals surface area contributed by atoms with Crippen LogP contribution in [0.2, 0.25) is 18.1 Å². The van der Waals surface area contributed by atoms with Gasteiger partial charge in [0.1, 0.15) is 0 Å². The molecule has 4 rings (SSSR count). The first-order chi connectivity index (χ1) is 18.0. The van der Waals surface area contributed by atoms with E-state index in [2.05, 4.69) is 159 Å². The van der Waals surface area contributed by atoms with Gasteiger partial charge in [-0.1, -0.05) is 0 Å². The average molecular weight is 608 g/mol. The Bertz CT molecular complexity index is 1250. The Labute approximate surface area is 238 Å². The SMILES string of the molecule is CCOc1cc(CP(Br)(c2ccccc2)(c2ccccc2)c2ccccc2)ccc1O[Si](C)(C)C(C)(C)C. The molecule has 200 valence electrons. The second-order valence-corrected chi connectivity index (χ2v) is 25.1. The van der Waals surface area contributed by atoms with Crippen LogP contribution in [0.1, 0.15) is 33.3 Å². The van der Waals surface area contributed by atoms with Crippen molar-refractivity contribution in [3.8, 4) is 11.5 Å². The Morgan fingerprint density at radius 2 is 1.13 bits per heavy atom. The van der Waals surface area contributed by atoms with Gasteiger partial charge in [-0.3, -0.25) is 0 Å². The number of hydrogen-bond donors (Lipinski definition) is 0. The van der Waals surface area contributed by atoms with Crippen LogP contribution in [-0.2, 0) is 6.16 Å². The number of ether oxygens (including phenoxy) is 1. The Morgan fingerprint density at radius 3 is 1.53 bits per heavy atom. The first-order valence-corrected chi connectivity index (χ1v) is 20.7. The van der Waals surface area contributed by atoms with E-state index >= 15 is 0 Å². The van der Waals surface area contributed by atoms with Crippen molar-refractivity contribution in [2.75, 3.05) is 6.61 Å². The summed E-state index contributed by atoms with van der Waals surface area (Å²) in [4.78, 5) is 0. The van der Waals surface area contributed by atoms with Crippen molar-refractivity contribution < 1.29 is 9.16 Å². The van der Waals surface area contributed by atoms with E-state index < -0.39 is 13.6 Å². The number of hydrogen-bond acceptors (Lipinski definition) is 2. The van der Waals surface area contributed by atoms with Gasteiger partial charge in [0.15, 0.2) is 0 Å².